The van der Waals surface area contributed by atoms with Gasteiger partial charge in [-0.25, -0.2) is 0 Å². The lowest BCUT2D eigenvalue weighted by Gasteiger charge is -2.39. The fourth-order valence-electron chi connectivity index (χ4n) is 2.01. The summed E-state index contributed by atoms with van der Waals surface area (Å²) in [5.74, 6) is -0.196. The molecule has 0 bridgehead atoms. The van der Waals surface area contributed by atoms with Gasteiger partial charge in [0.25, 0.3) is 0 Å². The monoisotopic (exact) mass is 224 g/mol. The quantitative estimate of drug-likeness (QED) is 0.686. The highest BCUT2D eigenvalue weighted by molar-refractivity contribution is 7.86. The highest BCUT2D eigenvalue weighted by Gasteiger charge is 2.39. The Morgan fingerprint density at radius 2 is 1.86 bits per heavy atom. The maximum atomic E-state index is 12.7. The van der Waals surface area contributed by atoms with E-state index in [0.29, 0.717) is 26.1 Å². The highest BCUT2D eigenvalue weighted by atomic mass is 32.3. The first-order valence-electron chi connectivity index (χ1n) is 4.86. The van der Waals surface area contributed by atoms with Crippen molar-refractivity contribution in [2.45, 2.75) is 26.7 Å². The number of hydrogen-bond donors (Lipinski definition) is 0. The van der Waals surface area contributed by atoms with Crippen LogP contribution in [0.15, 0.2) is 0 Å². The van der Waals surface area contributed by atoms with E-state index >= 15 is 0 Å². The molecule has 84 valence electrons. The second kappa shape index (κ2) is 4.14. The molecule has 0 aromatic carbocycles. The molecular formula is C9H17FO3S. The summed E-state index contributed by atoms with van der Waals surface area (Å²) in [5, 5.41) is 0. The first kappa shape index (κ1) is 11.9. The maximum absolute atomic E-state index is 12.7. The topological polar surface area (TPSA) is 43.4 Å². The van der Waals surface area contributed by atoms with Gasteiger partial charge in [0.2, 0.25) is 0 Å². The molecular weight excluding hydrogens is 207 g/mol. The van der Waals surface area contributed by atoms with Gasteiger partial charge >= 0.3 is 10.2 Å². The van der Waals surface area contributed by atoms with Gasteiger partial charge in [-0.2, -0.15) is 8.42 Å². The van der Waals surface area contributed by atoms with Crippen molar-refractivity contribution < 1.29 is 17.0 Å². The molecule has 1 aliphatic rings. The van der Waals surface area contributed by atoms with E-state index in [1.165, 1.54) is 0 Å². The molecule has 1 rings (SSSR count). The average Bonchev–Trinajstić information content (AvgIpc) is 2.02. The molecule has 0 radical (unpaired) electrons. The van der Waals surface area contributed by atoms with Gasteiger partial charge in [0, 0.05) is 13.2 Å². The predicted molar refractivity (Wildman–Crippen MR) is 52.2 cm³/mol. The van der Waals surface area contributed by atoms with Crippen LogP contribution in [0.1, 0.15) is 26.7 Å². The van der Waals surface area contributed by atoms with Crippen molar-refractivity contribution in [3.8, 4) is 0 Å². The Morgan fingerprint density at radius 1 is 1.36 bits per heavy atom. The van der Waals surface area contributed by atoms with Gasteiger partial charge in [0.1, 0.15) is 0 Å². The number of ether oxygens (including phenoxy) is 1. The van der Waals surface area contributed by atoms with E-state index in [4.69, 9.17) is 4.74 Å². The van der Waals surface area contributed by atoms with Crippen molar-refractivity contribution in [2.75, 3.05) is 19.0 Å². The lowest BCUT2D eigenvalue weighted by Crippen LogP contribution is -2.39. The smallest absolute Gasteiger partial charge is 0.302 e. The fraction of sp³-hybridized carbons (Fsp3) is 1.00. The predicted octanol–water partition coefficient (Wildman–Crippen LogP) is 1.74. The number of rotatable bonds is 3. The molecule has 1 saturated heterocycles. The van der Waals surface area contributed by atoms with E-state index in [9.17, 15) is 12.3 Å². The molecule has 1 heterocycles. The minimum Gasteiger partial charge on any atom is -0.381 e. The Hall–Kier alpha value is -0.160. The third-order valence-electron chi connectivity index (χ3n) is 3.17. The summed E-state index contributed by atoms with van der Waals surface area (Å²) < 4.78 is 39.3. The summed E-state index contributed by atoms with van der Waals surface area (Å²) in [6, 6.07) is 0. The van der Waals surface area contributed by atoms with Crippen molar-refractivity contribution in [3.63, 3.8) is 0 Å². The molecule has 0 spiro atoms. The summed E-state index contributed by atoms with van der Waals surface area (Å²) in [5.41, 5.74) is -0.425. The van der Waals surface area contributed by atoms with Gasteiger partial charge in [0.15, 0.2) is 0 Å². The summed E-state index contributed by atoms with van der Waals surface area (Å²) in [7, 11) is -4.38. The molecule has 0 saturated carbocycles. The third kappa shape index (κ3) is 2.92. The minimum absolute atomic E-state index is 0.164. The Balaban J connectivity index is 2.81. The van der Waals surface area contributed by atoms with Crippen molar-refractivity contribution in [3.05, 3.63) is 0 Å². The largest absolute Gasteiger partial charge is 0.381 e. The minimum atomic E-state index is -4.38. The van der Waals surface area contributed by atoms with Crippen LogP contribution in [0.4, 0.5) is 3.89 Å². The van der Waals surface area contributed by atoms with E-state index in [1.54, 1.807) is 0 Å². The van der Waals surface area contributed by atoms with E-state index in [0.717, 1.165) is 0 Å². The second-order valence-corrected chi connectivity index (χ2v) is 5.68. The lowest BCUT2D eigenvalue weighted by atomic mass is 9.73. The van der Waals surface area contributed by atoms with Gasteiger partial charge in [-0.15, -0.1) is 3.89 Å². The molecule has 0 N–H and O–H groups in total. The van der Waals surface area contributed by atoms with Crippen molar-refractivity contribution >= 4 is 10.2 Å². The second-order valence-electron chi connectivity index (χ2n) is 4.31. The van der Waals surface area contributed by atoms with Crippen LogP contribution in [-0.4, -0.2) is 27.4 Å². The van der Waals surface area contributed by atoms with Gasteiger partial charge < -0.3 is 4.74 Å². The molecule has 1 aliphatic heterocycles. The number of hydrogen-bond acceptors (Lipinski definition) is 3. The molecule has 0 unspecified atom stereocenters. The third-order valence-corrected chi connectivity index (χ3v) is 4.09. The van der Waals surface area contributed by atoms with Crippen molar-refractivity contribution in [2.24, 2.45) is 11.3 Å². The zero-order valence-electron chi connectivity index (χ0n) is 8.62. The average molecular weight is 224 g/mol. The van der Waals surface area contributed by atoms with Crippen molar-refractivity contribution in [1.29, 1.82) is 0 Å². The summed E-state index contributed by atoms with van der Waals surface area (Å²) in [6.07, 6.45) is 1.27. The van der Waals surface area contributed by atoms with Gasteiger partial charge in [-0.1, -0.05) is 13.8 Å². The molecule has 0 amide bonds. The van der Waals surface area contributed by atoms with E-state index < -0.39 is 15.6 Å². The molecule has 0 aromatic heterocycles. The molecule has 0 aliphatic carbocycles. The molecule has 14 heavy (non-hydrogen) atoms. The summed E-state index contributed by atoms with van der Waals surface area (Å²) in [6.45, 7) is 4.95. The Morgan fingerprint density at radius 3 is 2.21 bits per heavy atom. The van der Waals surface area contributed by atoms with E-state index in [1.807, 2.05) is 13.8 Å². The summed E-state index contributed by atoms with van der Waals surface area (Å²) in [4.78, 5) is 0. The molecule has 0 atom stereocenters. The first-order valence-corrected chi connectivity index (χ1v) is 6.41. The molecule has 0 aromatic rings. The molecule has 3 nitrogen and oxygen atoms in total. The van der Waals surface area contributed by atoms with Crippen LogP contribution in [0.2, 0.25) is 0 Å². The van der Waals surface area contributed by atoms with Gasteiger partial charge in [0.05, 0.1) is 5.75 Å². The fourth-order valence-corrected chi connectivity index (χ4v) is 3.32. The van der Waals surface area contributed by atoms with Crippen LogP contribution in [0, 0.1) is 11.3 Å². The zero-order chi connectivity index (χ0) is 10.8. The molecule has 5 heteroatoms. The SMILES string of the molecule is CC(C)C1(CS(=O)(=O)F)CCOCC1. The van der Waals surface area contributed by atoms with Crippen LogP contribution in [-0.2, 0) is 15.0 Å². The van der Waals surface area contributed by atoms with Crippen molar-refractivity contribution in [1.82, 2.24) is 0 Å². The van der Waals surface area contributed by atoms with Crippen LogP contribution in [0.25, 0.3) is 0 Å². The number of halogens is 1. The Bertz CT molecular complexity index is 278. The van der Waals surface area contributed by atoms with Crippen LogP contribution in [0.5, 0.6) is 0 Å². The Kier molecular flexibility index (Phi) is 3.53. The molecule has 1 fully saturated rings. The van der Waals surface area contributed by atoms with Gasteiger partial charge in [-0.05, 0) is 24.2 Å². The van der Waals surface area contributed by atoms with Crippen LogP contribution >= 0.6 is 0 Å². The Labute approximate surface area is 84.9 Å². The first-order chi connectivity index (χ1) is 6.36. The lowest BCUT2D eigenvalue weighted by molar-refractivity contribution is 0.00212. The van der Waals surface area contributed by atoms with E-state index in [2.05, 4.69) is 0 Å². The van der Waals surface area contributed by atoms with Crippen LogP contribution < -0.4 is 0 Å². The standard InChI is InChI=1S/C9H17FO3S/c1-8(2)9(7-14(10,11)12)3-5-13-6-4-9/h8H,3-7H2,1-2H3. The van der Waals surface area contributed by atoms with Gasteiger partial charge in [-0.3, -0.25) is 0 Å². The normalized spacial score (nSPS) is 22.6. The highest BCUT2D eigenvalue weighted by Crippen LogP contribution is 2.39. The van der Waals surface area contributed by atoms with Crippen LogP contribution in [0.3, 0.4) is 0 Å². The van der Waals surface area contributed by atoms with E-state index in [-0.39, 0.29) is 11.7 Å². The summed E-state index contributed by atoms with van der Waals surface area (Å²) >= 11 is 0. The maximum Gasteiger partial charge on any atom is 0.302 e. The zero-order valence-corrected chi connectivity index (χ0v) is 9.44.